The first-order valence-electron chi connectivity index (χ1n) is 6.78. The summed E-state index contributed by atoms with van der Waals surface area (Å²) in [4.78, 5) is 0. The summed E-state index contributed by atoms with van der Waals surface area (Å²) in [5, 5.41) is 0. The lowest BCUT2D eigenvalue weighted by molar-refractivity contribution is 0.443. The van der Waals surface area contributed by atoms with Crippen LogP contribution in [0.15, 0.2) is 54.3 Å². The quantitative estimate of drug-likeness (QED) is 0.494. The van der Waals surface area contributed by atoms with Gasteiger partial charge < -0.3 is 4.74 Å². The maximum atomic E-state index is 5.78. The highest BCUT2D eigenvalue weighted by Gasteiger charge is 1.99. The van der Waals surface area contributed by atoms with E-state index >= 15 is 0 Å². The standard InChI is InChI=1S/C16H20O.C2H6/c1-6-15(9-7-12(2)3)17-16-10-8-13(4)14(5)11-16;1-2/h6-11H,2H2,1,3-5H3;1-2H3/b9-7-,15-6+;. The molecule has 0 aliphatic carbocycles. The fraction of sp³-hybridized carbons (Fsp3) is 0.333. The Bertz CT molecular complexity index is 465. The molecule has 0 aromatic heterocycles. The average Bonchev–Trinajstić information content (AvgIpc) is 2.40. The molecule has 0 saturated heterocycles. The van der Waals surface area contributed by atoms with Gasteiger partial charge in [0.25, 0.3) is 0 Å². The molecule has 0 aliphatic rings. The molecule has 0 N–H and O–H groups in total. The van der Waals surface area contributed by atoms with Crippen LogP contribution in [0.4, 0.5) is 0 Å². The summed E-state index contributed by atoms with van der Waals surface area (Å²) in [6.45, 7) is 15.9. The molecule has 104 valence electrons. The summed E-state index contributed by atoms with van der Waals surface area (Å²) in [7, 11) is 0. The van der Waals surface area contributed by atoms with Crippen molar-refractivity contribution < 1.29 is 4.74 Å². The van der Waals surface area contributed by atoms with Gasteiger partial charge in [-0.1, -0.05) is 38.1 Å². The van der Waals surface area contributed by atoms with E-state index in [-0.39, 0.29) is 0 Å². The van der Waals surface area contributed by atoms with Gasteiger partial charge in [-0.25, -0.2) is 0 Å². The van der Waals surface area contributed by atoms with E-state index < -0.39 is 0 Å². The molecule has 19 heavy (non-hydrogen) atoms. The zero-order valence-electron chi connectivity index (χ0n) is 13.1. The van der Waals surface area contributed by atoms with Crippen LogP contribution in [0.2, 0.25) is 0 Å². The lowest BCUT2D eigenvalue weighted by Crippen LogP contribution is -1.93. The Labute approximate surface area is 118 Å². The van der Waals surface area contributed by atoms with Gasteiger partial charge >= 0.3 is 0 Å². The normalized spacial score (nSPS) is 10.9. The van der Waals surface area contributed by atoms with Crippen molar-refractivity contribution in [2.45, 2.75) is 41.5 Å². The Morgan fingerprint density at radius 3 is 2.21 bits per heavy atom. The highest BCUT2D eigenvalue weighted by atomic mass is 16.5. The van der Waals surface area contributed by atoms with Crippen LogP contribution in [-0.4, -0.2) is 0 Å². The lowest BCUT2D eigenvalue weighted by Gasteiger charge is -2.08. The average molecular weight is 258 g/mol. The predicted molar refractivity (Wildman–Crippen MR) is 85.6 cm³/mol. The van der Waals surface area contributed by atoms with Gasteiger partial charge in [-0.2, -0.15) is 0 Å². The smallest absolute Gasteiger partial charge is 0.127 e. The minimum Gasteiger partial charge on any atom is -0.458 e. The van der Waals surface area contributed by atoms with E-state index in [0.29, 0.717) is 0 Å². The molecule has 1 aromatic carbocycles. The molecule has 0 heterocycles. The monoisotopic (exact) mass is 258 g/mol. The third kappa shape index (κ3) is 6.66. The Hall–Kier alpha value is -1.76. The predicted octanol–water partition coefficient (Wildman–Crippen LogP) is 5.74. The summed E-state index contributed by atoms with van der Waals surface area (Å²) in [5.74, 6) is 1.70. The van der Waals surface area contributed by atoms with Crippen molar-refractivity contribution in [2.75, 3.05) is 0 Å². The third-order valence-electron chi connectivity index (χ3n) is 2.53. The Kier molecular flexibility index (Phi) is 8.35. The maximum Gasteiger partial charge on any atom is 0.127 e. The number of rotatable bonds is 4. The number of ether oxygens (including phenoxy) is 1. The second kappa shape index (κ2) is 9.21. The molecule has 0 amide bonds. The number of hydrogen-bond donors (Lipinski definition) is 0. The number of benzene rings is 1. The molecule has 0 fully saturated rings. The first-order valence-corrected chi connectivity index (χ1v) is 6.78. The van der Waals surface area contributed by atoms with Crippen LogP contribution in [0.1, 0.15) is 38.8 Å². The van der Waals surface area contributed by atoms with Crippen LogP contribution in [0.5, 0.6) is 5.75 Å². The summed E-state index contributed by atoms with van der Waals surface area (Å²) >= 11 is 0. The number of allylic oxidation sites excluding steroid dienone is 4. The van der Waals surface area contributed by atoms with E-state index in [2.05, 4.69) is 26.5 Å². The topological polar surface area (TPSA) is 9.23 Å². The van der Waals surface area contributed by atoms with Crippen molar-refractivity contribution in [1.29, 1.82) is 0 Å². The van der Waals surface area contributed by atoms with Gasteiger partial charge in [0.2, 0.25) is 0 Å². The van der Waals surface area contributed by atoms with Gasteiger partial charge in [0.05, 0.1) is 0 Å². The van der Waals surface area contributed by atoms with Crippen molar-refractivity contribution in [3.63, 3.8) is 0 Å². The first kappa shape index (κ1) is 17.2. The molecule has 0 bridgehead atoms. The summed E-state index contributed by atoms with van der Waals surface area (Å²) in [5.41, 5.74) is 3.52. The van der Waals surface area contributed by atoms with Crippen molar-refractivity contribution in [3.05, 3.63) is 65.5 Å². The molecular formula is C18H26O. The van der Waals surface area contributed by atoms with Gasteiger partial charge in [-0.3, -0.25) is 0 Å². The second-order valence-corrected chi connectivity index (χ2v) is 4.22. The number of hydrogen-bond acceptors (Lipinski definition) is 1. The van der Waals surface area contributed by atoms with Crippen LogP contribution in [0.3, 0.4) is 0 Å². The SMILES string of the molecule is C=C(C)/C=C\C(=C/C)Oc1ccc(C)c(C)c1.CC. The fourth-order valence-electron chi connectivity index (χ4n) is 1.33. The minimum atomic E-state index is 0.830. The zero-order chi connectivity index (χ0) is 14.8. The lowest BCUT2D eigenvalue weighted by atomic mass is 10.1. The minimum absolute atomic E-state index is 0.830. The summed E-state index contributed by atoms with van der Waals surface area (Å²) < 4.78 is 5.78. The molecule has 1 nitrogen and oxygen atoms in total. The summed E-state index contributed by atoms with van der Waals surface area (Å²) in [6.07, 6.45) is 5.81. The molecular weight excluding hydrogens is 232 g/mol. The van der Waals surface area contributed by atoms with E-state index in [1.807, 2.05) is 58.1 Å². The van der Waals surface area contributed by atoms with Gasteiger partial charge in [0, 0.05) is 0 Å². The van der Waals surface area contributed by atoms with Crippen LogP contribution < -0.4 is 4.74 Å². The van der Waals surface area contributed by atoms with Crippen LogP contribution in [-0.2, 0) is 0 Å². The largest absolute Gasteiger partial charge is 0.458 e. The molecule has 0 unspecified atom stereocenters. The zero-order valence-corrected chi connectivity index (χ0v) is 13.1. The molecule has 1 rings (SSSR count). The maximum absolute atomic E-state index is 5.78. The van der Waals surface area contributed by atoms with Crippen LogP contribution in [0, 0.1) is 13.8 Å². The van der Waals surface area contributed by atoms with Crippen LogP contribution in [0.25, 0.3) is 0 Å². The van der Waals surface area contributed by atoms with E-state index in [9.17, 15) is 0 Å². The van der Waals surface area contributed by atoms with E-state index in [1.165, 1.54) is 11.1 Å². The van der Waals surface area contributed by atoms with Gasteiger partial charge in [-0.15, -0.1) is 0 Å². The second-order valence-electron chi connectivity index (χ2n) is 4.22. The molecule has 0 saturated carbocycles. The Morgan fingerprint density at radius 2 is 1.74 bits per heavy atom. The molecule has 0 radical (unpaired) electrons. The van der Waals surface area contributed by atoms with Crippen LogP contribution >= 0.6 is 0 Å². The van der Waals surface area contributed by atoms with E-state index in [1.54, 1.807) is 0 Å². The van der Waals surface area contributed by atoms with Crippen molar-refractivity contribution >= 4 is 0 Å². The first-order chi connectivity index (χ1) is 9.02. The fourth-order valence-corrected chi connectivity index (χ4v) is 1.33. The molecule has 1 aromatic rings. The molecule has 0 atom stereocenters. The highest BCUT2D eigenvalue weighted by molar-refractivity contribution is 5.36. The van der Waals surface area contributed by atoms with Crippen molar-refractivity contribution in [3.8, 4) is 5.75 Å². The van der Waals surface area contributed by atoms with Crippen molar-refractivity contribution in [2.24, 2.45) is 0 Å². The molecule has 0 spiro atoms. The third-order valence-corrected chi connectivity index (χ3v) is 2.53. The Balaban J connectivity index is 0.00000154. The van der Waals surface area contributed by atoms with E-state index in [4.69, 9.17) is 4.74 Å². The van der Waals surface area contributed by atoms with Gasteiger partial charge in [0.1, 0.15) is 11.5 Å². The molecule has 0 aliphatic heterocycles. The van der Waals surface area contributed by atoms with E-state index in [0.717, 1.165) is 17.1 Å². The Morgan fingerprint density at radius 1 is 1.11 bits per heavy atom. The van der Waals surface area contributed by atoms with Gasteiger partial charge in [-0.05, 0) is 63.1 Å². The van der Waals surface area contributed by atoms with Gasteiger partial charge in [0.15, 0.2) is 0 Å². The highest BCUT2D eigenvalue weighted by Crippen LogP contribution is 2.19. The molecule has 1 heteroatoms. The van der Waals surface area contributed by atoms with Crippen molar-refractivity contribution in [1.82, 2.24) is 0 Å². The number of aryl methyl sites for hydroxylation is 2. The summed E-state index contributed by atoms with van der Waals surface area (Å²) in [6, 6.07) is 6.11.